The predicted octanol–water partition coefficient (Wildman–Crippen LogP) is 2.40. The van der Waals surface area contributed by atoms with Crippen LogP contribution in [0.5, 0.6) is 0 Å². The largest absolute Gasteiger partial charge is 0.394 e. The lowest BCUT2D eigenvalue weighted by molar-refractivity contribution is 0.0999. The van der Waals surface area contributed by atoms with Crippen molar-refractivity contribution in [2.24, 2.45) is 9.98 Å². The van der Waals surface area contributed by atoms with Gasteiger partial charge in [0, 0.05) is 35.9 Å². The highest BCUT2D eigenvalue weighted by molar-refractivity contribution is 6.21. The molecule has 0 radical (unpaired) electrons. The zero-order valence-electron chi connectivity index (χ0n) is 18.1. The first kappa shape index (κ1) is 21.3. The molecule has 5 rings (SSSR count). The number of aliphatic imine (C=N–C) groups is 2. The summed E-state index contributed by atoms with van der Waals surface area (Å²) < 4.78 is 16.0. The van der Waals surface area contributed by atoms with Gasteiger partial charge in [-0.05, 0) is 24.2 Å². The number of ketones is 1. The second kappa shape index (κ2) is 8.76. The number of Topliss-reactive ketones (excluding diaryl/α,β-unsaturated/α-hetero) is 1. The fourth-order valence-electron chi connectivity index (χ4n) is 4.58. The third-order valence-corrected chi connectivity index (χ3v) is 6.04. The van der Waals surface area contributed by atoms with Crippen molar-refractivity contribution in [1.82, 2.24) is 20.1 Å². The standard InChI is InChI=1S/C24H23FN6O2/c1-26-10-14-2-4-15(5-3-14)18-11-27-19-9-16(25)8-17-20(33)12-28-23(21(17)19)22(18)24-29-13-30-31(24)6-7-32/h2-5,8-9,11,13,18,22,26,32H,6-7,10,12H2,1H3. The van der Waals surface area contributed by atoms with E-state index >= 15 is 0 Å². The molecule has 168 valence electrons. The van der Waals surface area contributed by atoms with Crippen molar-refractivity contribution in [1.29, 1.82) is 0 Å². The van der Waals surface area contributed by atoms with Crippen molar-refractivity contribution in [3.8, 4) is 0 Å². The Bertz CT molecular complexity index is 1260. The lowest BCUT2D eigenvalue weighted by Crippen LogP contribution is -2.30. The molecule has 2 aliphatic heterocycles. The minimum atomic E-state index is -0.509. The second-order valence-electron chi connectivity index (χ2n) is 8.09. The van der Waals surface area contributed by atoms with Crippen LogP contribution in [-0.4, -0.2) is 57.8 Å². The molecule has 2 N–H and O–H groups in total. The lowest BCUT2D eigenvalue weighted by atomic mass is 9.78. The van der Waals surface area contributed by atoms with Crippen molar-refractivity contribution in [3.63, 3.8) is 0 Å². The molecule has 0 amide bonds. The number of nitrogens with one attached hydrogen (secondary N) is 1. The molecular weight excluding hydrogens is 423 g/mol. The van der Waals surface area contributed by atoms with Gasteiger partial charge in [0.05, 0.1) is 30.5 Å². The van der Waals surface area contributed by atoms with E-state index in [1.165, 1.54) is 18.5 Å². The van der Waals surface area contributed by atoms with Crippen LogP contribution in [0, 0.1) is 5.82 Å². The van der Waals surface area contributed by atoms with E-state index in [1.54, 1.807) is 10.9 Å². The maximum atomic E-state index is 14.3. The molecule has 2 aliphatic rings. The van der Waals surface area contributed by atoms with E-state index in [2.05, 4.69) is 25.4 Å². The first-order valence-electron chi connectivity index (χ1n) is 10.8. The molecule has 0 saturated heterocycles. The fraction of sp³-hybridized carbons (Fsp3) is 0.292. The summed E-state index contributed by atoms with van der Waals surface area (Å²) in [4.78, 5) is 26.4. The summed E-state index contributed by atoms with van der Waals surface area (Å²) in [7, 11) is 1.90. The maximum absolute atomic E-state index is 14.3. The summed E-state index contributed by atoms with van der Waals surface area (Å²) >= 11 is 0. The smallest absolute Gasteiger partial charge is 0.185 e. The van der Waals surface area contributed by atoms with Crippen molar-refractivity contribution < 1.29 is 14.3 Å². The van der Waals surface area contributed by atoms with E-state index in [0.717, 1.165) is 17.7 Å². The van der Waals surface area contributed by atoms with Crippen LogP contribution in [-0.2, 0) is 13.1 Å². The third kappa shape index (κ3) is 3.79. The van der Waals surface area contributed by atoms with Crippen molar-refractivity contribution in [2.45, 2.75) is 24.9 Å². The number of aromatic nitrogens is 3. The highest BCUT2D eigenvalue weighted by Gasteiger charge is 2.39. The van der Waals surface area contributed by atoms with Gasteiger partial charge < -0.3 is 10.4 Å². The number of aliphatic hydroxyl groups is 1. The van der Waals surface area contributed by atoms with E-state index in [0.29, 0.717) is 22.8 Å². The molecule has 0 fully saturated rings. The average molecular weight is 446 g/mol. The van der Waals surface area contributed by atoms with Gasteiger partial charge >= 0.3 is 0 Å². The fourth-order valence-corrected chi connectivity index (χ4v) is 4.58. The Morgan fingerprint density at radius 3 is 2.82 bits per heavy atom. The van der Waals surface area contributed by atoms with Crippen LogP contribution < -0.4 is 5.32 Å². The zero-order valence-corrected chi connectivity index (χ0v) is 18.1. The predicted molar refractivity (Wildman–Crippen MR) is 122 cm³/mol. The first-order chi connectivity index (χ1) is 16.1. The number of carbonyl (C=O) groups excluding carboxylic acids is 1. The maximum Gasteiger partial charge on any atom is 0.185 e. The second-order valence-corrected chi connectivity index (χ2v) is 8.09. The minimum Gasteiger partial charge on any atom is -0.394 e. The SMILES string of the molecule is CNCc1ccc(C2C=Nc3cc(F)cc4c3C(=NCC4=O)C2c2ncnn2CCO)cc1. The van der Waals surface area contributed by atoms with E-state index in [-0.39, 0.29) is 37.0 Å². The molecule has 3 heterocycles. The molecule has 8 nitrogen and oxygen atoms in total. The number of hydrogen-bond donors (Lipinski definition) is 2. The molecule has 2 atom stereocenters. The van der Waals surface area contributed by atoms with Gasteiger partial charge in [-0.2, -0.15) is 5.10 Å². The van der Waals surface area contributed by atoms with Gasteiger partial charge in [0.2, 0.25) is 0 Å². The highest BCUT2D eigenvalue weighted by atomic mass is 19.1. The summed E-state index contributed by atoms with van der Waals surface area (Å²) in [6.07, 6.45) is 3.22. The van der Waals surface area contributed by atoms with E-state index in [4.69, 9.17) is 0 Å². The Labute approximate surface area is 189 Å². The van der Waals surface area contributed by atoms with Crippen LogP contribution in [0.3, 0.4) is 0 Å². The highest BCUT2D eigenvalue weighted by Crippen LogP contribution is 2.42. The summed E-state index contributed by atoms with van der Waals surface area (Å²) in [6, 6.07) is 10.8. The summed E-state index contributed by atoms with van der Waals surface area (Å²) in [5, 5.41) is 17.0. The summed E-state index contributed by atoms with van der Waals surface area (Å²) in [5.41, 5.74) is 3.96. The van der Waals surface area contributed by atoms with Gasteiger partial charge in [-0.1, -0.05) is 24.3 Å². The van der Waals surface area contributed by atoms with Crippen LogP contribution in [0.1, 0.15) is 44.7 Å². The number of hydrogen-bond acceptors (Lipinski definition) is 7. The van der Waals surface area contributed by atoms with Crippen LogP contribution in [0.25, 0.3) is 0 Å². The first-order valence-corrected chi connectivity index (χ1v) is 10.8. The third-order valence-electron chi connectivity index (χ3n) is 6.04. The lowest BCUT2D eigenvalue weighted by Gasteiger charge is -2.27. The molecule has 3 aromatic rings. The Balaban J connectivity index is 1.71. The molecule has 33 heavy (non-hydrogen) atoms. The molecule has 0 saturated carbocycles. The number of carbonyl (C=O) groups is 1. The van der Waals surface area contributed by atoms with Crippen molar-refractivity contribution in [3.05, 3.63) is 76.6 Å². The van der Waals surface area contributed by atoms with Gasteiger partial charge in [0.15, 0.2) is 5.78 Å². The Morgan fingerprint density at radius 1 is 1.24 bits per heavy atom. The van der Waals surface area contributed by atoms with Crippen molar-refractivity contribution >= 4 is 23.4 Å². The van der Waals surface area contributed by atoms with Crippen LogP contribution in [0.4, 0.5) is 10.1 Å². The quantitative estimate of drug-likeness (QED) is 0.605. The van der Waals surface area contributed by atoms with Gasteiger partial charge in [-0.15, -0.1) is 0 Å². The summed E-state index contributed by atoms with van der Waals surface area (Å²) in [6.45, 7) is 0.852. The van der Waals surface area contributed by atoms with E-state index < -0.39 is 11.7 Å². The van der Waals surface area contributed by atoms with Gasteiger partial charge in [0.25, 0.3) is 0 Å². The number of halogens is 1. The molecule has 1 aromatic heterocycles. The molecule has 0 bridgehead atoms. The molecule has 9 heteroatoms. The molecule has 0 spiro atoms. The monoisotopic (exact) mass is 446 g/mol. The molecular formula is C24H23FN6O2. The topological polar surface area (TPSA) is 105 Å². The van der Waals surface area contributed by atoms with Crippen molar-refractivity contribution in [2.75, 3.05) is 20.2 Å². The van der Waals surface area contributed by atoms with Crippen LogP contribution >= 0.6 is 0 Å². The Morgan fingerprint density at radius 2 is 2.06 bits per heavy atom. The van der Waals surface area contributed by atoms with Gasteiger partial charge in [0.1, 0.15) is 24.5 Å². The van der Waals surface area contributed by atoms with E-state index in [9.17, 15) is 14.3 Å². The molecule has 2 aromatic carbocycles. The normalized spacial score (nSPS) is 19.2. The van der Waals surface area contributed by atoms with Crippen LogP contribution in [0.15, 0.2) is 52.7 Å². The number of benzene rings is 2. The Hall–Kier alpha value is -3.56. The molecule has 0 aliphatic carbocycles. The van der Waals surface area contributed by atoms with E-state index in [1.807, 2.05) is 31.3 Å². The number of nitrogens with zero attached hydrogens (tertiary/aromatic N) is 5. The summed E-state index contributed by atoms with van der Waals surface area (Å²) in [5.74, 6) is -0.849. The van der Waals surface area contributed by atoms with Crippen LogP contribution in [0.2, 0.25) is 0 Å². The zero-order chi connectivity index (χ0) is 22.9. The minimum absolute atomic E-state index is 0.0658. The van der Waals surface area contributed by atoms with Gasteiger partial charge in [-0.3, -0.25) is 14.8 Å². The average Bonchev–Trinajstić information content (AvgIpc) is 3.19. The number of rotatable bonds is 6. The van der Waals surface area contributed by atoms with Gasteiger partial charge in [-0.25, -0.2) is 14.1 Å². The number of aliphatic hydroxyl groups excluding tert-OH is 1. The Kier molecular flexibility index (Phi) is 5.65. The molecule has 2 unspecified atom stereocenters.